The third kappa shape index (κ3) is 2.33. The lowest BCUT2D eigenvalue weighted by Gasteiger charge is -2.26. The van der Waals surface area contributed by atoms with Crippen LogP contribution in [0.5, 0.6) is 11.5 Å². The molecule has 1 aliphatic heterocycles. The van der Waals surface area contributed by atoms with Crippen LogP contribution in [-0.4, -0.2) is 25.3 Å². The summed E-state index contributed by atoms with van der Waals surface area (Å²) in [6, 6.07) is 0.987. The summed E-state index contributed by atoms with van der Waals surface area (Å²) in [5.74, 6) is -0.446. The molecule has 94 valence electrons. The second-order valence-corrected chi connectivity index (χ2v) is 4.56. The van der Waals surface area contributed by atoms with E-state index in [1.165, 1.54) is 7.11 Å². The van der Waals surface area contributed by atoms with E-state index in [9.17, 15) is 9.50 Å². The summed E-state index contributed by atoms with van der Waals surface area (Å²) in [4.78, 5) is 0. The monoisotopic (exact) mass is 259 g/mol. The predicted octanol–water partition coefficient (Wildman–Crippen LogP) is 2.66. The first-order valence-corrected chi connectivity index (χ1v) is 5.98. The number of hydrogen-bond acceptors (Lipinski definition) is 3. The van der Waals surface area contributed by atoms with Gasteiger partial charge in [0.2, 0.25) is 0 Å². The van der Waals surface area contributed by atoms with Gasteiger partial charge in [0.25, 0.3) is 0 Å². The van der Waals surface area contributed by atoms with Crippen LogP contribution < -0.4 is 10.1 Å². The van der Waals surface area contributed by atoms with Gasteiger partial charge in [-0.1, -0.05) is 11.6 Å². The van der Waals surface area contributed by atoms with E-state index in [0.29, 0.717) is 5.56 Å². The second-order valence-electron chi connectivity index (χ2n) is 4.18. The van der Waals surface area contributed by atoms with Crippen molar-refractivity contribution >= 4 is 11.6 Å². The standard InChI is InChI=1S/C12H15ClFNO2/c1-17-12-9(16)5-8(14)11(13)10(12)7-3-2-4-15-6-7/h5,7,15-16H,2-4,6H2,1H3. The van der Waals surface area contributed by atoms with Crippen LogP contribution in [0.25, 0.3) is 0 Å². The summed E-state index contributed by atoms with van der Waals surface area (Å²) < 4.78 is 18.7. The highest BCUT2D eigenvalue weighted by Crippen LogP contribution is 2.43. The van der Waals surface area contributed by atoms with Crippen molar-refractivity contribution < 1.29 is 14.2 Å². The van der Waals surface area contributed by atoms with Gasteiger partial charge in [-0.05, 0) is 19.4 Å². The molecule has 5 heteroatoms. The highest BCUT2D eigenvalue weighted by molar-refractivity contribution is 6.31. The number of phenolic OH excluding ortho intramolecular Hbond substituents is 1. The van der Waals surface area contributed by atoms with Gasteiger partial charge in [0.15, 0.2) is 11.5 Å². The minimum absolute atomic E-state index is 0.0494. The maximum atomic E-state index is 13.5. The largest absolute Gasteiger partial charge is 0.504 e. The molecule has 0 aliphatic carbocycles. The molecule has 1 fully saturated rings. The van der Waals surface area contributed by atoms with E-state index in [2.05, 4.69) is 5.32 Å². The maximum absolute atomic E-state index is 13.5. The van der Waals surface area contributed by atoms with Crippen molar-refractivity contribution in [1.82, 2.24) is 5.32 Å². The molecule has 3 nitrogen and oxygen atoms in total. The number of piperidine rings is 1. The molecule has 1 heterocycles. The predicted molar refractivity (Wildman–Crippen MR) is 64.5 cm³/mol. The first kappa shape index (κ1) is 12.5. The third-order valence-electron chi connectivity index (χ3n) is 3.10. The van der Waals surface area contributed by atoms with Gasteiger partial charge in [-0.2, -0.15) is 0 Å². The van der Waals surface area contributed by atoms with Gasteiger partial charge in [0.05, 0.1) is 12.1 Å². The summed E-state index contributed by atoms with van der Waals surface area (Å²) in [6.07, 6.45) is 1.91. The number of rotatable bonds is 2. The maximum Gasteiger partial charge on any atom is 0.165 e. The lowest BCUT2D eigenvalue weighted by Crippen LogP contribution is -2.28. The lowest BCUT2D eigenvalue weighted by atomic mass is 9.90. The van der Waals surface area contributed by atoms with E-state index < -0.39 is 5.82 Å². The number of methoxy groups -OCH3 is 1. The normalized spacial score (nSPS) is 20.3. The van der Waals surface area contributed by atoms with Gasteiger partial charge in [0, 0.05) is 24.1 Å². The van der Waals surface area contributed by atoms with Gasteiger partial charge in [-0.15, -0.1) is 0 Å². The Balaban J connectivity index is 2.48. The van der Waals surface area contributed by atoms with Gasteiger partial charge in [0.1, 0.15) is 5.82 Å². The molecular formula is C12H15ClFNO2. The van der Waals surface area contributed by atoms with E-state index in [-0.39, 0.29) is 22.4 Å². The van der Waals surface area contributed by atoms with E-state index in [0.717, 1.165) is 32.0 Å². The zero-order chi connectivity index (χ0) is 12.4. The number of hydrogen-bond donors (Lipinski definition) is 2. The number of phenols is 1. The Kier molecular flexibility index (Phi) is 3.74. The first-order chi connectivity index (χ1) is 8.15. The molecule has 1 aromatic carbocycles. The summed E-state index contributed by atoms with van der Waals surface area (Å²) in [7, 11) is 1.45. The first-order valence-electron chi connectivity index (χ1n) is 5.60. The number of benzene rings is 1. The van der Waals surface area contributed by atoms with Crippen LogP contribution in [0.1, 0.15) is 24.3 Å². The average molecular weight is 260 g/mol. The molecule has 0 aromatic heterocycles. The highest BCUT2D eigenvalue weighted by Gasteiger charge is 2.26. The smallest absolute Gasteiger partial charge is 0.165 e. The van der Waals surface area contributed by atoms with Crippen LogP contribution in [0.4, 0.5) is 4.39 Å². The molecule has 0 radical (unpaired) electrons. The summed E-state index contributed by atoms with van der Waals surface area (Å²) >= 11 is 5.99. The van der Waals surface area contributed by atoms with Crippen molar-refractivity contribution in [2.24, 2.45) is 0 Å². The van der Waals surface area contributed by atoms with Crippen LogP contribution in [0, 0.1) is 5.82 Å². The van der Waals surface area contributed by atoms with Crippen LogP contribution in [-0.2, 0) is 0 Å². The van der Waals surface area contributed by atoms with Crippen molar-refractivity contribution in [2.45, 2.75) is 18.8 Å². The molecule has 1 unspecified atom stereocenters. The van der Waals surface area contributed by atoms with E-state index >= 15 is 0 Å². The Morgan fingerprint density at radius 3 is 2.94 bits per heavy atom. The molecular weight excluding hydrogens is 245 g/mol. The van der Waals surface area contributed by atoms with Crippen molar-refractivity contribution in [2.75, 3.05) is 20.2 Å². The summed E-state index contributed by atoms with van der Waals surface area (Å²) in [6.45, 7) is 1.68. The Bertz CT molecular complexity index is 419. The Morgan fingerprint density at radius 2 is 2.35 bits per heavy atom. The molecule has 1 saturated heterocycles. The van der Waals surface area contributed by atoms with Crippen LogP contribution in [0.3, 0.4) is 0 Å². The minimum atomic E-state index is -0.606. The summed E-state index contributed by atoms with van der Waals surface area (Å²) in [5.41, 5.74) is 0.568. The molecule has 0 amide bonds. The fraction of sp³-hybridized carbons (Fsp3) is 0.500. The van der Waals surface area contributed by atoms with Crippen LogP contribution >= 0.6 is 11.6 Å². The Labute approximate surface area is 105 Å². The second kappa shape index (κ2) is 5.10. The topological polar surface area (TPSA) is 41.5 Å². The Hall–Kier alpha value is -1.00. The lowest BCUT2D eigenvalue weighted by molar-refractivity contribution is 0.356. The number of halogens is 2. The molecule has 0 saturated carbocycles. The highest BCUT2D eigenvalue weighted by atomic mass is 35.5. The fourth-order valence-electron chi connectivity index (χ4n) is 2.29. The minimum Gasteiger partial charge on any atom is -0.504 e. The molecule has 1 atom stereocenters. The zero-order valence-electron chi connectivity index (χ0n) is 9.59. The molecule has 0 bridgehead atoms. The number of nitrogens with one attached hydrogen (secondary N) is 1. The van der Waals surface area contributed by atoms with Gasteiger partial charge >= 0.3 is 0 Å². The van der Waals surface area contributed by atoms with Gasteiger partial charge in [-0.25, -0.2) is 4.39 Å². The SMILES string of the molecule is COc1c(O)cc(F)c(Cl)c1C1CCCNC1. The van der Waals surface area contributed by atoms with Crippen molar-refractivity contribution in [1.29, 1.82) is 0 Å². The molecule has 1 aliphatic rings. The molecule has 0 spiro atoms. The van der Waals surface area contributed by atoms with Crippen molar-refractivity contribution in [3.05, 3.63) is 22.5 Å². The van der Waals surface area contributed by atoms with Gasteiger partial charge in [-0.3, -0.25) is 0 Å². The molecule has 17 heavy (non-hydrogen) atoms. The Morgan fingerprint density at radius 1 is 1.59 bits per heavy atom. The van der Waals surface area contributed by atoms with Crippen molar-refractivity contribution in [3.63, 3.8) is 0 Å². The molecule has 2 N–H and O–H groups in total. The zero-order valence-corrected chi connectivity index (χ0v) is 10.4. The number of ether oxygens (including phenoxy) is 1. The molecule has 2 rings (SSSR count). The van der Waals surface area contributed by atoms with E-state index in [4.69, 9.17) is 16.3 Å². The third-order valence-corrected chi connectivity index (χ3v) is 3.48. The summed E-state index contributed by atoms with van der Waals surface area (Å²) in [5, 5.41) is 13.0. The fourth-order valence-corrected chi connectivity index (χ4v) is 2.59. The molecule has 1 aromatic rings. The van der Waals surface area contributed by atoms with Crippen molar-refractivity contribution in [3.8, 4) is 11.5 Å². The quantitative estimate of drug-likeness (QED) is 0.858. The van der Waals surface area contributed by atoms with Crippen LogP contribution in [0.15, 0.2) is 6.07 Å². The van der Waals surface area contributed by atoms with Crippen LogP contribution in [0.2, 0.25) is 5.02 Å². The van der Waals surface area contributed by atoms with E-state index in [1.54, 1.807) is 0 Å². The average Bonchev–Trinajstić information content (AvgIpc) is 2.34. The number of aromatic hydroxyl groups is 1. The van der Waals surface area contributed by atoms with Gasteiger partial charge < -0.3 is 15.2 Å². The van der Waals surface area contributed by atoms with E-state index in [1.807, 2.05) is 0 Å².